The molecular weight excluding hydrogens is 322 g/mol. The molecule has 0 amide bonds. The van der Waals surface area contributed by atoms with Crippen LogP contribution in [0, 0.1) is 6.92 Å². The highest BCUT2D eigenvalue weighted by Gasteiger charge is 2.08. The van der Waals surface area contributed by atoms with E-state index in [1.165, 1.54) is 5.56 Å². The molecule has 1 aromatic rings. The van der Waals surface area contributed by atoms with E-state index in [1.807, 2.05) is 7.05 Å². The van der Waals surface area contributed by atoms with Crippen molar-refractivity contribution in [3.05, 3.63) is 27.7 Å². The second kappa shape index (κ2) is 10.2. The quantitative estimate of drug-likeness (QED) is 0.662. The Bertz CT molecular complexity index is 399. The van der Waals surface area contributed by atoms with Crippen molar-refractivity contribution < 1.29 is 14.2 Å². The minimum atomic E-state index is 0.638. The van der Waals surface area contributed by atoms with Crippen molar-refractivity contribution in [3.8, 4) is 5.75 Å². The highest BCUT2D eigenvalue weighted by molar-refractivity contribution is 9.10. The number of aryl methyl sites for hydroxylation is 1. The molecule has 4 nitrogen and oxygen atoms in total. The minimum absolute atomic E-state index is 0.638. The van der Waals surface area contributed by atoms with Gasteiger partial charge in [-0.25, -0.2) is 0 Å². The molecular formula is C15H24BrNO3. The molecule has 1 aromatic carbocycles. The van der Waals surface area contributed by atoms with Gasteiger partial charge in [0, 0.05) is 36.7 Å². The predicted octanol–water partition coefficient (Wildman–Crippen LogP) is 2.91. The Kier molecular flexibility index (Phi) is 8.85. The van der Waals surface area contributed by atoms with Crippen LogP contribution in [0.2, 0.25) is 0 Å². The van der Waals surface area contributed by atoms with Gasteiger partial charge in [0.2, 0.25) is 0 Å². The van der Waals surface area contributed by atoms with Gasteiger partial charge in [-0.3, -0.25) is 0 Å². The number of rotatable bonds is 10. The molecule has 114 valence electrons. The van der Waals surface area contributed by atoms with Gasteiger partial charge >= 0.3 is 0 Å². The van der Waals surface area contributed by atoms with E-state index < -0.39 is 0 Å². The van der Waals surface area contributed by atoms with Gasteiger partial charge < -0.3 is 19.5 Å². The summed E-state index contributed by atoms with van der Waals surface area (Å²) in [4.78, 5) is 0. The van der Waals surface area contributed by atoms with Crippen molar-refractivity contribution >= 4 is 15.9 Å². The Balaban J connectivity index is 2.42. The normalized spacial score (nSPS) is 10.8. The fraction of sp³-hybridized carbons (Fsp3) is 0.600. The van der Waals surface area contributed by atoms with Gasteiger partial charge in [-0.1, -0.05) is 15.9 Å². The van der Waals surface area contributed by atoms with Crippen LogP contribution < -0.4 is 10.1 Å². The van der Waals surface area contributed by atoms with Crippen LogP contribution in [0.3, 0.4) is 0 Å². The van der Waals surface area contributed by atoms with E-state index in [0.29, 0.717) is 26.4 Å². The Morgan fingerprint density at radius 1 is 1.15 bits per heavy atom. The Hall–Kier alpha value is -0.620. The van der Waals surface area contributed by atoms with E-state index in [-0.39, 0.29) is 0 Å². The zero-order chi connectivity index (χ0) is 14.8. The van der Waals surface area contributed by atoms with E-state index in [9.17, 15) is 0 Å². The molecule has 0 spiro atoms. The number of ether oxygens (including phenoxy) is 3. The second-order valence-corrected chi connectivity index (χ2v) is 5.46. The molecule has 0 fully saturated rings. The number of methoxy groups -OCH3 is 1. The monoisotopic (exact) mass is 345 g/mol. The fourth-order valence-corrected chi connectivity index (χ4v) is 2.53. The number of nitrogens with one attached hydrogen (secondary N) is 1. The summed E-state index contributed by atoms with van der Waals surface area (Å²) in [6, 6.07) is 4.16. The van der Waals surface area contributed by atoms with Crippen molar-refractivity contribution in [2.24, 2.45) is 0 Å². The van der Waals surface area contributed by atoms with Crippen molar-refractivity contribution in [1.82, 2.24) is 5.32 Å². The summed E-state index contributed by atoms with van der Waals surface area (Å²) in [6.07, 6.45) is 0.873. The predicted molar refractivity (Wildman–Crippen MR) is 84.4 cm³/mol. The molecule has 1 rings (SSSR count). The first-order valence-electron chi connectivity index (χ1n) is 6.82. The summed E-state index contributed by atoms with van der Waals surface area (Å²) in [6.45, 7) is 5.48. The first kappa shape index (κ1) is 17.4. The highest BCUT2D eigenvalue weighted by atomic mass is 79.9. The molecule has 0 unspecified atom stereocenters. The third-order valence-electron chi connectivity index (χ3n) is 2.79. The molecule has 0 aliphatic heterocycles. The number of halogens is 1. The molecule has 0 radical (unpaired) electrons. The second-order valence-electron chi connectivity index (χ2n) is 4.55. The Morgan fingerprint density at radius 3 is 2.65 bits per heavy atom. The average Bonchev–Trinajstić information content (AvgIpc) is 2.40. The van der Waals surface area contributed by atoms with Crippen LogP contribution in [0.1, 0.15) is 17.5 Å². The van der Waals surface area contributed by atoms with Gasteiger partial charge in [-0.05, 0) is 31.7 Å². The van der Waals surface area contributed by atoms with Crippen molar-refractivity contribution in [2.75, 3.05) is 40.6 Å². The summed E-state index contributed by atoms with van der Waals surface area (Å²) < 4.78 is 17.3. The molecule has 0 saturated heterocycles. The van der Waals surface area contributed by atoms with E-state index in [0.717, 1.165) is 28.8 Å². The first-order chi connectivity index (χ1) is 9.69. The smallest absolute Gasteiger partial charge is 0.126 e. The maximum atomic E-state index is 5.91. The van der Waals surface area contributed by atoms with Crippen molar-refractivity contribution in [2.45, 2.75) is 19.9 Å². The fourth-order valence-electron chi connectivity index (χ4n) is 1.91. The van der Waals surface area contributed by atoms with Crippen LogP contribution in [0.4, 0.5) is 0 Å². The largest absolute Gasteiger partial charge is 0.493 e. The average molecular weight is 346 g/mol. The molecule has 0 heterocycles. The third-order valence-corrected chi connectivity index (χ3v) is 3.25. The molecule has 0 aliphatic carbocycles. The molecule has 0 saturated carbocycles. The standard InChI is InChI=1S/C15H24BrNO3/c1-12-9-14(16)10-13(11-17-2)15(12)20-6-4-5-19-8-7-18-3/h9-10,17H,4-8,11H2,1-3H3. The summed E-state index contributed by atoms with van der Waals surface area (Å²) in [5, 5.41) is 3.16. The zero-order valence-corrected chi connectivity index (χ0v) is 14.1. The number of hydrogen-bond donors (Lipinski definition) is 1. The zero-order valence-electron chi connectivity index (χ0n) is 12.5. The molecule has 0 bridgehead atoms. The molecule has 0 atom stereocenters. The van der Waals surface area contributed by atoms with Crippen LogP contribution in [0.15, 0.2) is 16.6 Å². The van der Waals surface area contributed by atoms with E-state index in [1.54, 1.807) is 7.11 Å². The Labute approximate surface area is 129 Å². The minimum Gasteiger partial charge on any atom is -0.493 e. The van der Waals surface area contributed by atoms with Gasteiger partial charge in [0.25, 0.3) is 0 Å². The summed E-state index contributed by atoms with van der Waals surface area (Å²) in [5.74, 6) is 0.972. The first-order valence-corrected chi connectivity index (χ1v) is 7.61. The molecule has 20 heavy (non-hydrogen) atoms. The molecule has 0 aromatic heterocycles. The van der Waals surface area contributed by atoms with Crippen LogP contribution in [0.25, 0.3) is 0 Å². The van der Waals surface area contributed by atoms with Crippen molar-refractivity contribution in [1.29, 1.82) is 0 Å². The lowest BCUT2D eigenvalue weighted by Gasteiger charge is -2.15. The summed E-state index contributed by atoms with van der Waals surface area (Å²) in [5.41, 5.74) is 2.31. The third kappa shape index (κ3) is 6.22. The van der Waals surface area contributed by atoms with Gasteiger partial charge in [-0.2, -0.15) is 0 Å². The molecule has 1 N–H and O–H groups in total. The van der Waals surface area contributed by atoms with Crippen LogP contribution in [-0.4, -0.2) is 40.6 Å². The maximum Gasteiger partial charge on any atom is 0.126 e. The van der Waals surface area contributed by atoms with Gasteiger partial charge in [0.05, 0.1) is 19.8 Å². The number of hydrogen-bond acceptors (Lipinski definition) is 4. The summed E-state index contributed by atoms with van der Waals surface area (Å²) >= 11 is 3.52. The van der Waals surface area contributed by atoms with Crippen LogP contribution in [-0.2, 0) is 16.0 Å². The summed E-state index contributed by atoms with van der Waals surface area (Å²) in [7, 11) is 3.61. The molecule has 5 heteroatoms. The van der Waals surface area contributed by atoms with Gasteiger partial charge in [0.1, 0.15) is 5.75 Å². The number of benzene rings is 1. The highest BCUT2D eigenvalue weighted by Crippen LogP contribution is 2.28. The van der Waals surface area contributed by atoms with E-state index in [2.05, 4.69) is 40.3 Å². The lowest BCUT2D eigenvalue weighted by molar-refractivity contribution is 0.0643. The van der Waals surface area contributed by atoms with Gasteiger partial charge in [0.15, 0.2) is 0 Å². The van der Waals surface area contributed by atoms with Crippen molar-refractivity contribution in [3.63, 3.8) is 0 Å². The SMILES string of the molecule is CNCc1cc(Br)cc(C)c1OCCCOCCOC. The van der Waals surface area contributed by atoms with Crippen LogP contribution >= 0.6 is 15.9 Å². The lowest BCUT2D eigenvalue weighted by Crippen LogP contribution is -2.11. The van der Waals surface area contributed by atoms with E-state index >= 15 is 0 Å². The topological polar surface area (TPSA) is 39.7 Å². The molecule has 0 aliphatic rings. The van der Waals surface area contributed by atoms with Gasteiger partial charge in [-0.15, -0.1) is 0 Å². The maximum absolute atomic E-state index is 5.91. The van der Waals surface area contributed by atoms with E-state index in [4.69, 9.17) is 14.2 Å². The lowest BCUT2D eigenvalue weighted by atomic mass is 10.1. The Morgan fingerprint density at radius 2 is 1.95 bits per heavy atom. The van der Waals surface area contributed by atoms with Crippen LogP contribution in [0.5, 0.6) is 5.75 Å².